The number of amides is 6. The average molecular weight is 877 g/mol. The monoisotopic (exact) mass is 876 g/mol. The van der Waals surface area contributed by atoms with Crippen molar-refractivity contribution in [2.24, 2.45) is 0 Å². The van der Waals surface area contributed by atoms with Gasteiger partial charge < -0.3 is 61.0 Å². The van der Waals surface area contributed by atoms with Crippen molar-refractivity contribution >= 4 is 47.6 Å². The van der Waals surface area contributed by atoms with Crippen molar-refractivity contribution in [1.82, 2.24) is 31.5 Å². The zero-order valence-electron chi connectivity index (χ0n) is 36.4. The molecule has 1 heterocycles. The summed E-state index contributed by atoms with van der Waals surface area (Å²) in [6, 6.07) is 5.33. The van der Waals surface area contributed by atoms with E-state index in [4.69, 9.17) is 25.8 Å². The number of halogens is 1. The van der Waals surface area contributed by atoms with Gasteiger partial charge in [-0.15, -0.1) is 0 Å². The lowest BCUT2D eigenvalue weighted by Gasteiger charge is -2.33. The minimum Gasteiger partial charge on any atom is -0.508 e. The number of fused-ring (bicyclic) bond motifs is 5. The SMILES string of the molecule is CN1C(=O)[C@H](C[C@@H](O)CNC(=O)OC(C)(C)C)NC(=O)[C@@H](NC(=O)OC(C)(C)C)Cc2cc(ccc2O)-c2ccc(Cl)c(c2)C[C@H]1C(=O)NCC(O)CNC(=O)OC(C)(C)C. The van der Waals surface area contributed by atoms with Crippen LogP contribution in [0.25, 0.3) is 11.1 Å². The van der Waals surface area contributed by atoms with Gasteiger partial charge in [-0.1, -0.05) is 23.7 Å². The summed E-state index contributed by atoms with van der Waals surface area (Å²) < 4.78 is 15.9. The van der Waals surface area contributed by atoms with Crippen LogP contribution in [0.2, 0.25) is 5.02 Å². The van der Waals surface area contributed by atoms with Gasteiger partial charge in [0.2, 0.25) is 17.7 Å². The van der Waals surface area contributed by atoms with Crippen LogP contribution in [-0.2, 0) is 41.4 Å². The third-order valence-corrected chi connectivity index (χ3v) is 9.19. The summed E-state index contributed by atoms with van der Waals surface area (Å²) in [5.74, 6) is -2.71. The number of hydrogen-bond acceptors (Lipinski definition) is 12. The number of aliphatic hydroxyl groups is 2. The number of rotatable bonds is 10. The molecule has 1 unspecified atom stereocenters. The molecule has 61 heavy (non-hydrogen) atoms. The van der Waals surface area contributed by atoms with E-state index in [1.807, 2.05) is 0 Å². The second-order valence-corrected chi connectivity index (χ2v) is 18.2. The Labute approximate surface area is 361 Å². The van der Waals surface area contributed by atoms with Gasteiger partial charge in [0, 0.05) is 51.0 Å². The maximum atomic E-state index is 14.6. The molecule has 0 aliphatic carbocycles. The summed E-state index contributed by atoms with van der Waals surface area (Å²) in [5.41, 5.74) is -0.722. The zero-order chi connectivity index (χ0) is 46.0. The third-order valence-electron chi connectivity index (χ3n) is 8.82. The maximum Gasteiger partial charge on any atom is 0.408 e. The molecular weight excluding hydrogens is 816 g/mol. The molecule has 0 saturated heterocycles. The minimum absolute atomic E-state index is 0.176. The number of likely N-dealkylation sites (N-methyl/N-ethyl adjacent to an activating group) is 1. The molecule has 1 aliphatic rings. The second-order valence-electron chi connectivity index (χ2n) is 17.8. The second kappa shape index (κ2) is 21.0. The minimum atomic E-state index is -1.58. The third kappa shape index (κ3) is 16.9. The molecule has 0 aromatic heterocycles. The number of phenols is 1. The molecule has 1 aliphatic heterocycles. The highest BCUT2D eigenvalue weighted by Gasteiger charge is 2.36. The number of nitrogens with zero attached hydrogens (tertiary/aromatic N) is 1. The van der Waals surface area contributed by atoms with E-state index >= 15 is 0 Å². The molecule has 19 heteroatoms. The van der Waals surface area contributed by atoms with E-state index in [0.29, 0.717) is 16.7 Å². The molecule has 3 rings (SSSR count). The highest BCUT2D eigenvalue weighted by molar-refractivity contribution is 6.31. The van der Waals surface area contributed by atoms with Crippen LogP contribution in [0.15, 0.2) is 36.4 Å². The summed E-state index contributed by atoms with van der Waals surface area (Å²) >= 11 is 6.69. The fourth-order valence-corrected chi connectivity index (χ4v) is 6.21. The summed E-state index contributed by atoms with van der Waals surface area (Å²) in [6.45, 7) is 13.8. The number of ether oxygens (including phenoxy) is 3. The standard InChI is InChI=1S/C42H61ClN6O12/c1-40(2,3)59-37(56)45-20-27(50)19-31-36(55)49(10)32(35(54)44-21-28(51)22-46-38(57)60-41(4,5)6)18-25-15-23(11-13-29(25)43)24-12-14-33(52)26(16-24)17-30(34(53)47-31)48-39(58)61-42(7,8)9/h11-16,27-28,30-32,50-52H,17-22H2,1-10H3,(H,44,54)(H,45,56)(H,46,57)(H,47,53)(H,48,58)/t27-,28?,30+,31+,32+/m1/s1. The first kappa shape index (κ1) is 50.0. The Morgan fingerprint density at radius 1 is 0.754 bits per heavy atom. The quantitative estimate of drug-likeness (QED) is 0.160. The molecule has 5 atom stereocenters. The number of alkyl carbamates (subject to hydrolysis) is 3. The van der Waals surface area contributed by atoms with Gasteiger partial charge in [-0.3, -0.25) is 14.4 Å². The number of aromatic hydroxyl groups is 1. The first-order chi connectivity index (χ1) is 28.1. The van der Waals surface area contributed by atoms with Crippen LogP contribution in [0, 0.1) is 0 Å². The Balaban J connectivity index is 2.09. The van der Waals surface area contributed by atoms with Crippen LogP contribution in [0.1, 0.15) is 79.9 Å². The molecule has 0 spiro atoms. The number of nitrogens with one attached hydrogen (secondary N) is 5. The Bertz CT molecular complexity index is 1910. The lowest BCUT2D eigenvalue weighted by Crippen LogP contribution is -2.59. The van der Waals surface area contributed by atoms with E-state index in [-0.39, 0.29) is 42.3 Å². The van der Waals surface area contributed by atoms with E-state index in [1.54, 1.807) is 92.6 Å². The van der Waals surface area contributed by atoms with Gasteiger partial charge in [-0.2, -0.15) is 0 Å². The summed E-state index contributed by atoms with van der Waals surface area (Å²) in [6.07, 6.45) is -6.27. The smallest absolute Gasteiger partial charge is 0.408 e. The molecule has 6 amide bonds. The van der Waals surface area contributed by atoms with Crippen molar-refractivity contribution in [3.05, 3.63) is 52.5 Å². The zero-order valence-corrected chi connectivity index (χ0v) is 37.2. The predicted molar refractivity (Wildman–Crippen MR) is 226 cm³/mol. The maximum absolute atomic E-state index is 14.6. The number of aliphatic hydroxyl groups excluding tert-OH is 2. The van der Waals surface area contributed by atoms with Crippen LogP contribution in [0.4, 0.5) is 14.4 Å². The van der Waals surface area contributed by atoms with E-state index < -0.39 is 96.1 Å². The molecule has 18 nitrogen and oxygen atoms in total. The van der Waals surface area contributed by atoms with Crippen molar-refractivity contribution in [3.8, 4) is 16.9 Å². The van der Waals surface area contributed by atoms with E-state index in [9.17, 15) is 44.1 Å². The van der Waals surface area contributed by atoms with Gasteiger partial charge in [-0.25, -0.2) is 14.4 Å². The van der Waals surface area contributed by atoms with Crippen LogP contribution in [0.3, 0.4) is 0 Å². The van der Waals surface area contributed by atoms with Crippen LogP contribution in [0.5, 0.6) is 5.75 Å². The Morgan fingerprint density at radius 2 is 1.25 bits per heavy atom. The van der Waals surface area contributed by atoms with Crippen molar-refractivity contribution in [3.63, 3.8) is 0 Å². The fraction of sp³-hybridized carbons (Fsp3) is 0.571. The van der Waals surface area contributed by atoms with Gasteiger partial charge >= 0.3 is 18.3 Å². The number of carbonyl (C=O) groups is 6. The molecule has 4 bridgehead atoms. The van der Waals surface area contributed by atoms with Gasteiger partial charge in [0.15, 0.2) is 0 Å². The number of benzene rings is 2. The topological polar surface area (TPSA) is 254 Å². The summed E-state index contributed by atoms with van der Waals surface area (Å²) in [7, 11) is 1.31. The summed E-state index contributed by atoms with van der Waals surface area (Å²) in [4.78, 5) is 81.6. The highest BCUT2D eigenvalue weighted by Crippen LogP contribution is 2.31. The largest absolute Gasteiger partial charge is 0.508 e. The first-order valence-corrected chi connectivity index (χ1v) is 20.2. The Hall–Kier alpha value is -5.33. The lowest BCUT2D eigenvalue weighted by molar-refractivity contribution is -0.142. The summed E-state index contributed by atoms with van der Waals surface area (Å²) in [5, 5.41) is 45.6. The highest BCUT2D eigenvalue weighted by atomic mass is 35.5. The van der Waals surface area contributed by atoms with E-state index in [1.165, 1.54) is 13.1 Å². The predicted octanol–water partition coefficient (Wildman–Crippen LogP) is 3.29. The molecule has 0 saturated carbocycles. The molecule has 0 fully saturated rings. The molecule has 338 valence electrons. The Morgan fingerprint density at radius 3 is 1.80 bits per heavy atom. The first-order valence-electron chi connectivity index (χ1n) is 19.9. The average Bonchev–Trinajstić information content (AvgIpc) is 3.12. The molecule has 8 N–H and O–H groups in total. The van der Waals surface area contributed by atoms with Crippen LogP contribution in [-0.4, -0.2) is 130 Å². The van der Waals surface area contributed by atoms with Crippen molar-refractivity contribution in [2.75, 3.05) is 26.7 Å². The number of hydrogen-bond donors (Lipinski definition) is 8. The van der Waals surface area contributed by atoms with Crippen LogP contribution >= 0.6 is 11.6 Å². The van der Waals surface area contributed by atoms with Crippen LogP contribution < -0.4 is 26.6 Å². The Kier molecular flexibility index (Phi) is 17.2. The van der Waals surface area contributed by atoms with E-state index in [2.05, 4.69) is 26.6 Å². The normalized spacial score (nSPS) is 18.6. The van der Waals surface area contributed by atoms with Gasteiger partial charge in [0.05, 0.1) is 12.2 Å². The van der Waals surface area contributed by atoms with Crippen molar-refractivity contribution in [2.45, 2.75) is 129 Å². The van der Waals surface area contributed by atoms with Gasteiger partial charge in [0.25, 0.3) is 0 Å². The van der Waals surface area contributed by atoms with E-state index in [0.717, 1.165) is 4.90 Å². The molecule has 2 aromatic rings. The van der Waals surface area contributed by atoms with Crippen molar-refractivity contribution < 1.29 is 58.3 Å². The number of carbonyl (C=O) groups excluding carboxylic acids is 6. The fourth-order valence-electron chi connectivity index (χ4n) is 6.02. The number of phenolic OH excluding ortho intramolecular Hbond substituents is 1. The van der Waals surface area contributed by atoms with Gasteiger partial charge in [-0.05, 0) is 109 Å². The molecule has 2 aromatic carbocycles. The van der Waals surface area contributed by atoms with Gasteiger partial charge in [0.1, 0.15) is 40.7 Å². The molecular formula is C42H61ClN6O12. The lowest BCUT2D eigenvalue weighted by atomic mass is 9.95. The van der Waals surface area contributed by atoms with Crippen molar-refractivity contribution in [1.29, 1.82) is 0 Å². The molecule has 0 radical (unpaired) electrons.